The maximum atomic E-state index is 11.6. The maximum absolute atomic E-state index is 11.6. The minimum Gasteiger partial charge on any atom is -0.480 e. The third-order valence-electron chi connectivity index (χ3n) is 3.94. The summed E-state index contributed by atoms with van der Waals surface area (Å²) < 4.78 is 0. The van der Waals surface area contributed by atoms with Crippen molar-refractivity contribution in [1.29, 1.82) is 0 Å². The predicted octanol–water partition coefficient (Wildman–Crippen LogP) is 3.05. The first kappa shape index (κ1) is 14.5. The number of carboxylic acid groups (broad SMARTS) is 1. The first-order valence-corrected chi connectivity index (χ1v) is 6.76. The van der Waals surface area contributed by atoms with E-state index in [-0.39, 0.29) is 5.41 Å². The molecule has 0 saturated heterocycles. The summed E-state index contributed by atoms with van der Waals surface area (Å²) in [4.78, 5) is 11.6. The minimum atomic E-state index is -0.682. The lowest BCUT2D eigenvalue weighted by atomic mass is 9.83. The predicted molar refractivity (Wildman–Crippen MR) is 70.1 cm³/mol. The smallest absolute Gasteiger partial charge is 0.323 e. The molecule has 1 fully saturated rings. The fraction of sp³-hybridized carbons (Fsp3) is 0.929. The molecule has 0 amide bonds. The molecule has 1 rings (SSSR count). The summed E-state index contributed by atoms with van der Waals surface area (Å²) in [6, 6.07) is 0. The molecule has 17 heavy (non-hydrogen) atoms. The molecule has 0 spiro atoms. The van der Waals surface area contributed by atoms with Gasteiger partial charge in [0.2, 0.25) is 0 Å². The van der Waals surface area contributed by atoms with E-state index in [1.54, 1.807) is 0 Å². The third-order valence-corrected chi connectivity index (χ3v) is 3.94. The fourth-order valence-electron chi connectivity index (χ4n) is 2.54. The summed E-state index contributed by atoms with van der Waals surface area (Å²) in [5.41, 5.74) is -0.394. The van der Waals surface area contributed by atoms with E-state index in [4.69, 9.17) is 0 Å². The number of hydrogen-bond acceptors (Lipinski definition) is 2. The first-order chi connectivity index (χ1) is 7.77. The van der Waals surface area contributed by atoms with Crippen LogP contribution in [0.25, 0.3) is 0 Å². The van der Waals surface area contributed by atoms with Gasteiger partial charge in [-0.3, -0.25) is 4.79 Å². The molecule has 1 saturated carbocycles. The van der Waals surface area contributed by atoms with Gasteiger partial charge in [-0.1, -0.05) is 34.1 Å². The van der Waals surface area contributed by atoms with Crippen LogP contribution < -0.4 is 5.32 Å². The second-order valence-corrected chi connectivity index (χ2v) is 6.68. The third kappa shape index (κ3) is 3.98. The molecule has 100 valence electrons. The fourth-order valence-corrected chi connectivity index (χ4v) is 2.54. The Kier molecular flexibility index (Phi) is 4.59. The highest BCUT2D eigenvalue weighted by Gasteiger charge is 2.41. The molecule has 3 heteroatoms. The molecule has 1 aliphatic carbocycles. The van der Waals surface area contributed by atoms with Crippen LogP contribution in [0.2, 0.25) is 0 Å². The van der Waals surface area contributed by atoms with E-state index in [0.29, 0.717) is 5.92 Å². The SMILES string of the molecule is CC(C)CNC1(C(=O)O)CCCC(C)(C)CC1. The van der Waals surface area contributed by atoms with Crippen molar-refractivity contribution in [3.8, 4) is 0 Å². The molecule has 2 N–H and O–H groups in total. The second kappa shape index (κ2) is 5.38. The van der Waals surface area contributed by atoms with E-state index >= 15 is 0 Å². The molecule has 0 aromatic heterocycles. The Labute approximate surface area is 105 Å². The van der Waals surface area contributed by atoms with Gasteiger partial charge in [-0.05, 0) is 43.6 Å². The number of nitrogens with one attached hydrogen (secondary N) is 1. The van der Waals surface area contributed by atoms with E-state index in [9.17, 15) is 9.90 Å². The van der Waals surface area contributed by atoms with Crippen molar-refractivity contribution in [3.63, 3.8) is 0 Å². The van der Waals surface area contributed by atoms with Crippen molar-refractivity contribution in [2.45, 2.75) is 65.3 Å². The van der Waals surface area contributed by atoms with Crippen LogP contribution in [-0.4, -0.2) is 23.2 Å². The van der Waals surface area contributed by atoms with E-state index in [1.165, 1.54) is 0 Å². The summed E-state index contributed by atoms with van der Waals surface area (Å²) in [6.07, 6.45) is 4.64. The van der Waals surface area contributed by atoms with Crippen molar-refractivity contribution in [3.05, 3.63) is 0 Å². The summed E-state index contributed by atoms with van der Waals surface area (Å²) in [7, 11) is 0. The first-order valence-electron chi connectivity index (χ1n) is 6.76. The topological polar surface area (TPSA) is 49.3 Å². The molecule has 0 radical (unpaired) electrons. The van der Waals surface area contributed by atoms with Crippen LogP contribution in [0.15, 0.2) is 0 Å². The standard InChI is InChI=1S/C14H27NO2/c1-11(2)10-15-14(12(16)17)7-5-6-13(3,4)8-9-14/h11,15H,5-10H2,1-4H3,(H,16,17). The Morgan fingerprint density at radius 3 is 2.41 bits per heavy atom. The largest absolute Gasteiger partial charge is 0.480 e. The lowest BCUT2D eigenvalue weighted by Gasteiger charge is -2.31. The molecule has 1 unspecified atom stereocenters. The summed E-state index contributed by atoms with van der Waals surface area (Å²) >= 11 is 0. The van der Waals surface area contributed by atoms with Crippen molar-refractivity contribution < 1.29 is 9.90 Å². The van der Waals surface area contributed by atoms with E-state index in [2.05, 4.69) is 33.0 Å². The average molecular weight is 241 g/mol. The summed E-state index contributed by atoms with van der Waals surface area (Å²) in [5.74, 6) is -0.182. The summed E-state index contributed by atoms with van der Waals surface area (Å²) in [6.45, 7) is 9.50. The van der Waals surface area contributed by atoms with E-state index < -0.39 is 11.5 Å². The Morgan fingerprint density at radius 1 is 1.24 bits per heavy atom. The normalized spacial score (nSPS) is 29.0. The monoisotopic (exact) mass is 241 g/mol. The lowest BCUT2D eigenvalue weighted by Crippen LogP contribution is -2.53. The number of carbonyl (C=O) groups is 1. The zero-order valence-corrected chi connectivity index (χ0v) is 11.7. The van der Waals surface area contributed by atoms with Crippen LogP contribution in [-0.2, 0) is 4.79 Å². The van der Waals surface area contributed by atoms with E-state index in [1.807, 2.05) is 0 Å². The molecule has 0 heterocycles. The van der Waals surface area contributed by atoms with Crippen molar-refractivity contribution >= 4 is 5.97 Å². The van der Waals surface area contributed by atoms with Crippen LogP contribution in [0.5, 0.6) is 0 Å². The van der Waals surface area contributed by atoms with Crippen molar-refractivity contribution in [2.75, 3.05) is 6.54 Å². The number of rotatable bonds is 4. The van der Waals surface area contributed by atoms with Gasteiger partial charge in [0.05, 0.1) is 0 Å². The Hall–Kier alpha value is -0.570. The van der Waals surface area contributed by atoms with Gasteiger partial charge in [-0.15, -0.1) is 0 Å². The van der Waals surface area contributed by atoms with Gasteiger partial charge in [0, 0.05) is 0 Å². The van der Waals surface area contributed by atoms with Crippen LogP contribution in [0.1, 0.15) is 59.8 Å². The highest BCUT2D eigenvalue weighted by molar-refractivity contribution is 5.78. The van der Waals surface area contributed by atoms with Gasteiger partial charge in [0.1, 0.15) is 5.54 Å². The molecule has 1 aliphatic rings. The van der Waals surface area contributed by atoms with Crippen molar-refractivity contribution in [2.24, 2.45) is 11.3 Å². The number of hydrogen-bond donors (Lipinski definition) is 2. The zero-order chi connectivity index (χ0) is 13.1. The maximum Gasteiger partial charge on any atom is 0.323 e. The molecule has 0 aromatic carbocycles. The van der Waals surface area contributed by atoms with Gasteiger partial charge in [-0.25, -0.2) is 0 Å². The molecule has 0 aromatic rings. The molecule has 3 nitrogen and oxygen atoms in total. The van der Waals surface area contributed by atoms with Crippen LogP contribution in [0.4, 0.5) is 0 Å². The number of aliphatic carboxylic acids is 1. The van der Waals surface area contributed by atoms with Crippen LogP contribution >= 0.6 is 0 Å². The quantitative estimate of drug-likeness (QED) is 0.744. The Morgan fingerprint density at radius 2 is 1.88 bits per heavy atom. The van der Waals surface area contributed by atoms with Crippen LogP contribution in [0, 0.1) is 11.3 Å². The molecule has 0 bridgehead atoms. The highest BCUT2D eigenvalue weighted by atomic mass is 16.4. The minimum absolute atomic E-state index is 0.288. The zero-order valence-electron chi connectivity index (χ0n) is 11.7. The van der Waals surface area contributed by atoms with Gasteiger partial charge in [-0.2, -0.15) is 0 Å². The van der Waals surface area contributed by atoms with Gasteiger partial charge < -0.3 is 10.4 Å². The van der Waals surface area contributed by atoms with Gasteiger partial charge in [0.15, 0.2) is 0 Å². The van der Waals surface area contributed by atoms with Crippen molar-refractivity contribution in [1.82, 2.24) is 5.32 Å². The lowest BCUT2D eigenvalue weighted by molar-refractivity contribution is -0.145. The second-order valence-electron chi connectivity index (χ2n) is 6.68. The highest BCUT2D eigenvalue weighted by Crippen LogP contribution is 2.38. The average Bonchev–Trinajstić information content (AvgIpc) is 2.35. The molecule has 1 atom stereocenters. The number of carboxylic acids is 1. The molecule has 0 aliphatic heterocycles. The Balaban J connectivity index is 2.74. The Bertz CT molecular complexity index is 273. The molecular formula is C14H27NO2. The van der Waals surface area contributed by atoms with Crippen LogP contribution in [0.3, 0.4) is 0 Å². The summed E-state index contributed by atoms with van der Waals surface area (Å²) in [5, 5.41) is 12.8. The van der Waals surface area contributed by atoms with E-state index in [0.717, 1.165) is 38.6 Å². The van der Waals surface area contributed by atoms with Gasteiger partial charge in [0.25, 0.3) is 0 Å². The molecular weight excluding hydrogens is 214 g/mol. The van der Waals surface area contributed by atoms with Gasteiger partial charge >= 0.3 is 5.97 Å².